The van der Waals surface area contributed by atoms with Crippen LogP contribution in [0.1, 0.15) is 12.8 Å². The van der Waals surface area contributed by atoms with Crippen LogP contribution in [-0.2, 0) is 4.79 Å². The van der Waals surface area contributed by atoms with Crippen LogP contribution in [0, 0.1) is 11.8 Å². The monoisotopic (exact) mass is 217 g/mol. The zero-order valence-electron chi connectivity index (χ0n) is 7.95. The van der Waals surface area contributed by atoms with Gasteiger partial charge in [0, 0.05) is 19.1 Å². The topological polar surface area (TPSA) is 67.2 Å². The van der Waals surface area contributed by atoms with Crippen LogP contribution >= 0.6 is 12.4 Å². The molecule has 2 atom stereocenters. The van der Waals surface area contributed by atoms with Gasteiger partial charge in [-0.25, -0.2) is 0 Å². The van der Waals surface area contributed by atoms with Crippen LogP contribution < -0.4 is 16.4 Å². The van der Waals surface area contributed by atoms with Gasteiger partial charge in [0.15, 0.2) is 0 Å². The minimum Gasteiger partial charge on any atom is -0.351 e. The molecule has 0 aromatic carbocycles. The van der Waals surface area contributed by atoms with E-state index in [1.165, 1.54) is 0 Å². The maximum Gasteiger partial charge on any atom is 0.240 e. The largest absolute Gasteiger partial charge is 0.351 e. The molecule has 1 heterocycles. The molecule has 0 aromatic heterocycles. The van der Waals surface area contributed by atoms with Crippen LogP contribution in [0.25, 0.3) is 0 Å². The molecule has 4 N–H and O–H groups in total. The van der Waals surface area contributed by atoms with Gasteiger partial charge in [-0.05, 0) is 24.7 Å². The Balaban J connectivity index is 0.000000750. The third kappa shape index (κ3) is 1.42. The van der Waals surface area contributed by atoms with Gasteiger partial charge < -0.3 is 16.4 Å². The van der Waals surface area contributed by atoms with Crippen molar-refractivity contribution in [3.8, 4) is 0 Å². The molecule has 0 aromatic rings. The van der Waals surface area contributed by atoms with Gasteiger partial charge in [0.25, 0.3) is 0 Å². The van der Waals surface area contributed by atoms with Crippen molar-refractivity contribution < 1.29 is 4.79 Å². The zero-order valence-corrected chi connectivity index (χ0v) is 8.77. The minimum absolute atomic E-state index is 0. The second-order valence-electron chi connectivity index (χ2n) is 4.64. The van der Waals surface area contributed by atoms with Crippen molar-refractivity contribution in [3.63, 3.8) is 0 Å². The van der Waals surface area contributed by atoms with E-state index in [0.717, 1.165) is 25.9 Å². The summed E-state index contributed by atoms with van der Waals surface area (Å²) in [5.41, 5.74) is 5.29. The lowest BCUT2D eigenvalue weighted by molar-refractivity contribution is -0.123. The third-order valence-corrected chi connectivity index (χ3v) is 3.63. The fourth-order valence-corrected chi connectivity index (χ4v) is 2.29. The van der Waals surface area contributed by atoms with Gasteiger partial charge in [0.1, 0.15) is 0 Å². The number of nitrogens with two attached hydrogens (primary N) is 1. The maximum atomic E-state index is 11.6. The number of nitrogens with one attached hydrogen (secondary N) is 2. The van der Waals surface area contributed by atoms with Crippen molar-refractivity contribution in [2.75, 3.05) is 13.1 Å². The molecule has 5 heteroatoms. The number of carbonyl (C=O) groups excluding carboxylic acids is 1. The number of rotatable bonds is 2. The Hall–Kier alpha value is -0.320. The second kappa shape index (κ2) is 3.08. The minimum atomic E-state index is -0.496. The summed E-state index contributed by atoms with van der Waals surface area (Å²) in [6.45, 7) is 2.13. The molecular weight excluding hydrogens is 202 g/mol. The lowest BCUT2D eigenvalue weighted by Crippen LogP contribution is -2.45. The number of halogens is 1. The summed E-state index contributed by atoms with van der Waals surface area (Å²) < 4.78 is 0. The Bertz CT molecular complexity index is 257. The summed E-state index contributed by atoms with van der Waals surface area (Å²) in [4.78, 5) is 11.6. The van der Waals surface area contributed by atoms with Gasteiger partial charge in [-0.1, -0.05) is 0 Å². The predicted octanol–water partition coefficient (Wildman–Crippen LogP) is -0.766. The molecule has 1 saturated heterocycles. The normalized spacial score (nSPS) is 40.8. The number of fused-ring (bicyclic) bond motifs is 1. The van der Waals surface area contributed by atoms with Crippen LogP contribution in [0.5, 0.6) is 0 Å². The number of amides is 1. The Morgan fingerprint density at radius 2 is 1.93 bits per heavy atom. The molecule has 2 saturated carbocycles. The lowest BCUT2D eigenvalue weighted by atomic mass is 10.2. The molecule has 3 aliphatic rings. The first-order valence-corrected chi connectivity index (χ1v) is 5.01. The van der Waals surface area contributed by atoms with Gasteiger partial charge in [0.05, 0.1) is 5.54 Å². The molecule has 3 rings (SSSR count). The molecule has 4 nitrogen and oxygen atoms in total. The van der Waals surface area contributed by atoms with Gasteiger partial charge in [-0.2, -0.15) is 0 Å². The Morgan fingerprint density at radius 3 is 2.43 bits per heavy atom. The van der Waals surface area contributed by atoms with Crippen molar-refractivity contribution in [2.45, 2.75) is 24.4 Å². The highest BCUT2D eigenvalue weighted by Gasteiger charge is 2.56. The fraction of sp³-hybridized carbons (Fsp3) is 0.889. The van der Waals surface area contributed by atoms with E-state index in [1.54, 1.807) is 0 Å². The van der Waals surface area contributed by atoms with Crippen LogP contribution in [0.15, 0.2) is 0 Å². The van der Waals surface area contributed by atoms with Gasteiger partial charge in [-0.3, -0.25) is 4.79 Å². The fourth-order valence-electron chi connectivity index (χ4n) is 2.29. The maximum absolute atomic E-state index is 11.6. The summed E-state index contributed by atoms with van der Waals surface area (Å²) in [6, 6.07) is 0.426. The number of hydrogen-bond acceptors (Lipinski definition) is 3. The standard InChI is InChI=1S/C9H15N3O.ClH/c10-9(1-2-9)8(13)12-7-5-3-11-4-6(5)7;/h5-7,11H,1-4,10H2,(H,12,13);1H. The molecule has 80 valence electrons. The van der Waals surface area contributed by atoms with Crippen LogP contribution in [-0.4, -0.2) is 30.6 Å². The van der Waals surface area contributed by atoms with Crippen molar-refractivity contribution in [1.29, 1.82) is 0 Å². The SMILES string of the molecule is Cl.NC1(C(=O)NC2C3CNCC32)CC1. The predicted molar refractivity (Wildman–Crippen MR) is 55.2 cm³/mol. The molecule has 2 unspecified atom stereocenters. The molecule has 1 amide bonds. The highest BCUT2D eigenvalue weighted by atomic mass is 35.5. The van der Waals surface area contributed by atoms with E-state index in [1.807, 2.05) is 0 Å². The number of piperidine rings is 1. The first-order chi connectivity index (χ1) is 6.21. The molecule has 0 bridgehead atoms. The highest BCUT2D eigenvalue weighted by Crippen LogP contribution is 2.42. The Morgan fingerprint density at radius 1 is 1.36 bits per heavy atom. The second-order valence-corrected chi connectivity index (χ2v) is 4.64. The van der Waals surface area contributed by atoms with E-state index in [-0.39, 0.29) is 18.3 Å². The average molecular weight is 218 g/mol. The molecular formula is C9H16ClN3O. The van der Waals surface area contributed by atoms with E-state index in [2.05, 4.69) is 10.6 Å². The molecule has 3 fully saturated rings. The van der Waals surface area contributed by atoms with Gasteiger partial charge >= 0.3 is 0 Å². The Kier molecular flexibility index (Phi) is 2.25. The van der Waals surface area contributed by atoms with Crippen LogP contribution in [0.2, 0.25) is 0 Å². The number of hydrogen-bond donors (Lipinski definition) is 3. The van der Waals surface area contributed by atoms with Crippen LogP contribution in [0.3, 0.4) is 0 Å². The van der Waals surface area contributed by atoms with E-state index in [9.17, 15) is 4.79 Å². The van der Waals surface area contributed by atoms with E-state index in [0.29, 0.717) is 17.9 Å². The summed E-state index contributed by atoms with van der Waals surface area (Å²) in [6.07, 6.45) is 1.72. The van der Waals surface area contributed by atoms with Gasteiger partial charge in [-0.15, -0.1) is 12.4 Å². The first-order valence-electron chi connectivity index (χ1n) is 5.01. The van der Waals surface area contributed by atoms with Crippen molar-refractivity contribution in [3.05, 3.63) is 0 Å². The first kappa shape index (κ1) is 10.2. The third-order valence-electron chi connectivity index (χ3n) is 3.63. The summed E-state index contributed by atoms with van der Waals surface area (Å²) >= 11 is 0. The smallest absolute Gasteiger partial charge is 0.240 e. The van der Waals surface area contributed by atoms with Crippen LogP contribution in [0.4, 0.5) is 0 Å². The van der Waals surface area contributed by atoms with E-state index < -0.39 is 5.54 Å². The van der Waals surface area contributed by atoms with E-state index in [4.69, 9.17) is 5.73 Å². The van der Waals surface area contributed by atoms with Gasteiger partial charge in [0.2, 0.25) is 5.91 Å². The molecule has 14 heavy (non-hydrogen) atoms. The lowest BCUT2D eigenvalue weighted by Gasteiger charge is -2.11. The molecule has 1 aliphatic heterocycles. The highest BCUT2D eigenvalue weighted by molar-refractivity contribution is 5.89. The summed E-state index contributed by atoms with van der Waals surface area (Å²) in [5.74, 6) is 1.45. The molecule has 0 radical (unpaired) electrons. The Labute approximate surface area is 89.4 Å². The summed E-state index contributed by atoms with van der Waals surface area (Å²) in [5, 5.41) is 6.35. The van der Waals surface area contributed by atoms with Crippen molar-refractivity contribution >= 4 is 18.3 Å². The molecule has 0 spiro atoms. The molecule has 2 aliphatic carbocycles. The van der Waals surface area contributed by atoms with Crippen molar-refractivity contribution in [2.24, 2.45) is 17.6 Å². The van der Waals surface area contributed by atoms with Crippen molar-refractivity contribution in [1.82, 2.24) is 10.6 Å². The summed E-state index contributed by atoms with van der Waals surface area (Å²) in [7, 11) is 0. The number of carbonyl (C=O) groups is 1. The van der Waals surface area contributed by atoms with E-state index >= 15 is 0 Å². The quantitative estimate of drug-likeness (QED) is 0.569. The average Bonchev–Trinajstić information content (AvgIpc) is 2.95. The zero-order chi connectivity index (χ0) is 9.05.